The Morgan fingerprint density at radius 3 is 2.44 bits per heavy atom. The Balaban J connectivity index is 0.868. The molecule has 0 radical (unpaired) electrons. The smallest absolute Gasteiger partial charge is 0.306 e. The molecule has 55 heavy (non-hydrogen) atoms. The molecule has 9 heteroatoms. The van der Waals surface area contributed by atoms with Gasteiger partial charge in [-0.25, -0.2) is 4.39 Å². The monoisotopic (exact) mass is 760 g/mol. The van der Waals surface area contributed by atoms with Crippen LogP contribution >= 0.6 is 0 Å². The highest BCUT2D eigenvalue weighted by Crippen LogP contribution is 2.71. The number of aliphatic hydroxyl groups is 2. The fourth-order valence-corrected chi connectivity index (χ4v) is 14.9. The number of esters is 2. The summed E-state index contributed by atoms with van der Waals surface area (Å²) in [6, 6.07) is 0. The third-order valence-corrected chi connectivity index (χ3v) is 17.4. The van der Waals surface area contributed by atoms with Crippen LogP contribution in [0.4, 0.5) is 4.39 Å². The summed E-state index contributed by atoms with van der Waals surface area (Å²) in [6.07, 6.45) is 13.3. The van der Waals surface area contributed by atoms with Gasteiger partial charge in [-0.1, -0.05) is 63.6 Å². The average molecular weight is 761 g/mol. The van der Waals surface area contributed by atoms with Crippen LogP contribution in [0.15, 0.2) is 47.6 Å². The van der Waals surface area contributed by atoms with E-state index in [1.54, 1.807) is 19.9 Å². The molecule has 0 bridgehead atoms. The van der Waals surface area contributed by atoms with Crippen molar-refractivity contribution in [2.75, 3.05) is 6.61 Å². The molecule has 0 aromatic heterocycles. The van der Waals surface area contributed by atoms with E-state index in [9.17, 15) is 29.4 Å². The lowest BCUT2D eigenvalue weighted by Crippen LogP contribution is -2.69. The van der Waals surface area contributed by atoms with E-state index < -0.39 is 64.4 Å². The summed E-state index contributed by atoms with van der Waals surface area (Å²) in [5.74, 6) is -0.541. The zero-order valence-corrected chi connectivity index (χ0v) is 33.4. The van der Waals surface area contributed by atoms with Gasteiger partial charge in [0.2, 0.25) is 5.78 Å². The van der Waals surface area contributed by atoms with Crippen LogP contribution in [0.5, 0.6) is 0 Å². The van der Waals surface area contributed by atoms with E-state index in [4.69, 9.17) is 9.47 Å². The molecular weight excluding hydrogens is 699 g/mol. The molecule has 0 heterocycles. The number of Topliss-reactive ketones (excluding diaryl/α,β-unsaturated/α-hetero) is 1. The van der Waals surface area contributed by atoms with Crippen LogP contribution in [-0.4, -0.2) is 63.8 Å². The van der Waals surface area contributed by atoms with Gasteiger partial charge < -0.3 is 19.7 Å². The summed E-state index contributed by atoms with van der Waals surface area (Å²) in [5.41, 5.74) is -3.13. The number of rotatable bonds is 7. The maximum absolute atomic E-state index is 17.6. The number of aliphatic hydroxyl groups excluding tert-OH is 1. The second-order valence-corrected chi connectivity index (χ2v) is 19.9. The molecule has 300 valence electrons. The molecule has 15 unspecified atom stereocenters. The zero-order chi connectivity index (χ0) is 39.5. The zero-order valence-electron chi connectivity index (χ0n) is 33.4. The Bertz CT molecular complexity index is 1780. The number of ether oxygens (including phenoxy) is 2. The topological polar surface area (TPSA) is 127 Å². The van der Waals surface area contributed by atoms with Crippen molar-refractivity contribution in [1.29, 1.82) is 0 Å². The third kappa shape index (κ3) is 5.54. The van der Waals surface area contributed by atoms with Gasteiger partial charge in [0, 0.05) is 28.6 Å². The Morgan fingerprint density at radius 1 is 0.927 bits per heavy atom. The van der Waals surface area contributed by atoms with Gasteiger partial charge in [0.15, 0.2) is 18.1 Å². The molecule has 0 spiro atoms. The summed E-state index contributed by atoms with van der Waals surface area (Å²) in [7, 11) is 0. The Hall–Kier alpha value is -2.91. The first kappa shape index (κ1) is 38.9. The Kier molecular flexibility index (Phi) is 9.43. The fourth-order valence-electron chi connectivity index (χ4n) is 14.9. The lowest BCUT2D eigenvalue weighted by atomic mass is 9.44. The average Bonchev–Trinajstić information content (AvgIpc) is 3.56. The number of hydrogen-bond donors (Lipinski definition) is 2. The standard InChI is InChI=1S/C46H61FO8/c1-25-17-18-43(5)29(19-25)8-12-34-35-20-27(3)46(53,44(35,6)23-36(49)45(34,43)47)37(50)24-54-39(51)15-16-40(52)55-38-14-13-33-32-10-7-28-21-30(48)9-11-31(28)41(32)26(2)22-42(33,38)4/h17-19,21,26-27,31-36,38,41,49,53H,1,7-16,20,22-24H2,2-6H3. The van der Waals surface area contributed by atoms with E-state index >= 15 is 4.39 Å². The minimum absolute atomic E-state index is 0.102. The number of carbonyl (C=O) groups excluding carboxylic acids is 4. The van der Waals surface area contributed by atoms with Crippen LogP contribution in [0, 0.1) is 63.6 Å². The minimum atomic E-state index is -1.97. The van der Waals surface area contributed by atoms with Crippen molar-refractivity contribution in [3.05, 3.63) is 47.6 Å². The summed E-state index contributed by atoms with van der Waals surface area (Å²) in [6.45, 7) is 13.4. The van der Waals surface area contributed by atoms with Crippen LogP contribution in [0.2, 0.25) is 0 Å². The first-order chi connectivity index (χ1) is 25.9. The first-order valence-corrected chi connectivity index (χ1v) is 21.2. The molecule has 8 aliphatic rings. The van der Waals surface area contributed by atoms with Crippen LogP contribution in [0.3, 0.4) is 0 Å². The molecule has 0 aliphatic heterocycles. The molecule has 6 saturated carbocycles. The normalized spacial score (nSPS) is 48.2. The van der Waals surface area contributed by atoms with E-state index in [1.165, 1.54) is 5.57 Å². The maximum Gasteiger partial charge on any atom is 0.306 e. The number of ketones is 2. The molecule has 8 rings (SSSR count). The quantitative estimate of drug-likeness (QED) is 0.256. The molecule has 6 fully saturated rings. The number of hydrogen-bond acceptors (Lipinski definition) is 8. The van der Waals surface area contributed by atoms with Crippen LogP contribution in [0.25, 0.3) is 0 Å². The van der Waals surface area contributed by atoms with Crippen LogP contribution < -0.4 is 0 Å². The molecule has 0 saturated heterocycles. The number of alkyl halides is 1. The summed E-state index contributed by atoms with van der Waals surface area (Å²) < 4.78 is 29.1. The van der Waals surface area contributed by atoms with Crippen molar-refractivity contribution in [2.45, 2.75) is 142 Å². The number of halogens is 1. The highest BCUT2D eigenvalue weighted by Gasteiger charge is 2.75. The number of carbonyl (C=O) groups is 4. The molecule has 0 aromatic carbocycles. The maximum atomic E-state index is 17.6. The number of fused-ring (bicyclic) bond motifs is 10. The van der Waals surface area contributed by atoms with E-state index in [-0.39, 0.29) is 42.5 Å². The summed E-state index contributed by atoms with van der Waals surface area (Å²) in [5, 5.41) is 23.9. The highest BCUT2D eigenvalue weighted by atomic mass is 19.1. The van der Waals surface area contributed by atoms with Gasteiger partial charge in [-0.3, -0.25) is 19.2 Å². The van der Waals surface area contributed by atoms with Gasteiger partial charge in [-0.15, -0.1) is 0 Å². The second kappa shape index (κ2) is 13.3. The molecule has 8 aliphatic carbocycles. The van der Waals surface area contributed by atoms with Crippen molar-refractivity contribution in [3.8, 4) is 0 Å². The van der Waals surface area contributed by atoms with Gasteiger partial charge in [-0.05, 0) is 124 Å². The van der Waals surface area contributed by atoms with Gasteiger partial charge in [0.05, 0.1) is 18.9 Å². The highest BCUT2D eigenvalue weighted by molar-refractivity contribution is 5.92. The predicted octanol–water partition coefficient (Wildman–Crippen LogP) is 7.51. The van der Waals surface area contributed by atoms with E-state index in [0.29, 0.717) is 55.3 Å². The predicted molar refractivity (Wildman–Crippen MR) is 204 cm³/mol. The Morgan fingerprint density at radius 2 is 1.67 bits per heavy atom. The van der Waals surface area contributed by atoms with Gasteiger partial charge in [0.25, 0.3) is 0 Å². The largest absolute Gasteiger partial charge is 0.462 e. The molecule has 0 amide bonds. The van der Waals surface area contributed by atoms with Gasteiger partial charge >= 0.3 is 11.9 Å². The minimum Gasteiger partial charge on any atom is -0.462 e. The second-order valence-electron chi connectivity index (χ2n) is 19.9. The summed E-state index contributed by atoms with van der Waals surface area (Å²) >= 11 is 0. The first-order valence-electron chi connectivity index (χ1n) is 21.2. The fraction of sp³-hybridized carbons (Fsp3) is 0.739. The van der Waals surface area contributed by atoms with Crippen LogP contribution in [0.1, 0.15) is 118 Å². The molecule has 0 aromatic rings. The van der Waals surface area contributed by atoms with E-state index in [0.717, 1.165) is 49.7 Å². The van der Waals surface area contributed by atoms with E-state index in [1.807, 2.05) is 25.2 Å². The molecule has 2 N–H and O–H groups in total. The van der Waals surface area contributed by atoms with Crippen molar-refractivity contribution in [1.82, 2.24) is 0 Å². The van der Waals surface area contributed by atoms with E-state index in [2.05, 4.69) is 20.4 Å². The third-order valence-electron chi connectivity index (χ3n) is 17.4. The molecule has 8 nitrogen and oxygen atoms in total. The van der Waals surface area contributed by atoms with Gasteiger partial charge in [-0.2, -0.15) is 0 Å². The molecular formula is C46H61FO8. The van der Waals surface area contributed by atoms with Crippen molar-refractivity contribution < 1.29 is 43.3 Å². The van der Waals surface area contributed by atoms with Crippen molar-refractivity contribution in [3.63, 3.8) is 0 Å². The molecule has 15 atom stereocenters. The SMILES string of the molecule is C=C1C=CC2(C)C(=C1)CCC1C3CC(C)C(O)(C(=O)COC(=O)CCC(=O)OC4CCC5C6CCC7=CC(=O)CCC7C6C(C)CC45C)C3(C)CC(O)C12F. The lowest BCUT2D eigenvalue weighted by Gasteiger charge is -2.62. The van der Waals surface area contributed by atoms with Crippen LogP contribution in [-0.2, 0) is 28.7 Å². The Labute approximate surface area is 325 Å². The van der Waals surface area contributed by atoms with Gasteiger partial charge in [0.1, 0.15) is 11.7 Å². The lowest BCUT2D eigenvalue weighted by molar-refractivity contribution is -0.219. The number of allylic oxidation sites excluding steroid dienone is 6. The summed E-state index contributed by atoms with van der Waals surface area (Å²) in [4.78, 5) is 52.2. The van der Waals surface area contributed by atoms with Crippen molar-refractivity contribution in [2.24, 2.45) is 63.6 Å². The van der Waals surface area contributed by atoms with Crippen molar-refractivity contribution >= 4 is 23.5 Å².